The van der Waals surface area contributed by atoms with Gasteiger partial charge in [0.05, 0.1) is 0 Å². The second kappa shape index (κ2) is 6.30. The molecule has 0 aliphatic carbocycles. The van der Waals surface area contributed by atoms with Gasteiger partial charge in [0, 0.05) is 17.2 Å². The highest BCUT2D eigenvalue weighted by Gasteiger charge is 2.48. The molecule has 1 rings (SSSR count). The van der Waals surface area contributed by atoms with Crippen LogP contribution >= 0.6 is 0 Å². The van der Waals surface area contributed by atoms with Crippen LogP contribution in [0.1, 0.15) is 67.2 Å². The van der Waals surface area contributed by atoms with Crippen molar-refractivity contribution < 1.29 is 9.53 Å². The predicted molar refractivity (Wildman–Crippen MR) is 83.4 cm³/mol. The first-order valence-electron chi connectivity index (χ1n) is 7.76. The summed E-state index contributed by atoms with van der Waals surface area (Å²) in [6, 6.07) is 0. The van der Waals surface area contributed by atoms with Crippen molar-refractivity contribution in [3.8, 4) is 0 Å². The second-order valence-corrected chi connectivity index (χ2v) is 7.39. The van der Waals surface area contributed by atoms with Crippen molar-refractivity contribution in [1.29, 1.82) is 0 Å². The molecule has 1 atom stereocenters. The largest absolute Gasteiger partial charge is 0.443 e. The summed E-state index contributed by atoms with van der Waals surface area (Å²) in [6.07, 6.45) is 5.21. The smallest absolute Gasteiger partial charge is 0.331 e. The molecule has 0 radical (unpaired) electrons. The molecule has 0 aromatic carbocycles. The van der Waals surface area contributed by atoms with Gasteiger partial charge in [-0.1, -0.05) is 26.8 Å². The molecule has 1 saturated heterocycles. The number of piperidine rings is 1. The first-order chi connectivity index (χ1) is 9.14. The Kier molecular flexibility index (Phi) is 5.42. The summed E-state index contributed by atoms with van der Waals surface area (Å²) in [5.41, 5.74) is 0.0604. The molecule has 0 saturated carbocycles. The Morgan fingerprint density at radius 3 is 2.25 bits per heavy atom. The van der Waals surface area contributed by atoms with E-state index in [0.29, 0.717) is 5.92 Å². The summed E-state index contributed by atoms with van der Waals surface area (Å²) in [7, 11) is 0. The fourth-order valence-electron chi connectivity index (χ4n) is 4.24. The van der Waals surface area contributed by atoms with Crippen molar-refractivity contribution in [2.75, 3.05) is 0 Å². The highest BCUT2D eigenvalue weighted by Crippen LogP contribution is 2.43. The van der Waals surface area contributed by atoms with E-state index in [9.17, 15) is 4.79 Å². The van der Waals surface area contributed by atoms with Crippen molar-refractivity contribution >= 4 is 5.97 Å². The van der Waals surface area contributed by atoms with Crippen LogP contribution in [0.15, 0.2) is 12.7 Å². The zero-order chi connectivity index (χ0) is 15.6. The van der Waals surface area contributed by atoms with Crippen LogP contribution in [0.2, 0.25) is 0 Å². The minimum atomic E-state index is -0.325. The van der Waals surface area contributed by atoms with E-state index < -0.39 is 0 Å². The molecule has 0 aromatic heterocycles. The Bertz CT molecular complexity index is 342. The fourth-order valence-corrected chi connectivity index (χ4v) is 4.24. The van der Waals surface area contributed by atoms with Crippen LogP contribution < -0.4 is 0 Å². The van der Waals surface area contributed by atoms with Crippen LogP contribution in [0.5, 0.6) is 0 Å². The highest BCUT2D eigenvalue weighted by molar-refractivity contribution is 5.81. The summed E-state index contributed by atoms with van der Waals surface area (Å²) < 4.78 is 5.65. The molecule has 0 amide bonds. The summed E-state index contributed by atoms with van der Waals surface area (Å²) >= 11 is 0. The van der Waals surface area contributed by atoms with Crippen LogP contribution in [-0.4, -0.2) is 28.2 Å². The summed E-state index contributed by atoms with van der Waals surface area (Å²) in [5.74, 6) is 0.363. The Labute approximate surface area is 124 Å². The lowest BCUT2D eigenvalue weighted by molar-refractivity contribution is -0.185. The van der Waals surface area contributed by atoms with Gasteiger partial charge in [-0.2, -0.15) is 0 Å². The summed E-state index contributed by atoms with van der Waals surface area (Å²) in [5, 5.41) is 0. The van der Waals surface area contributed by atoms with Gasteiger partial charge in [0.2, 0.25) is 0 Å². The van der Waals surface area contributed by atoms with Gasteiger partial charge in [-0.25, -0.2) is 4.79 Å². The molecule has 116 valence electrons. The summed E-state index contributed by atoms with van der Waals surface area (Å²) in [6.45, 7) is 17.0. The SMILES string of the molecule is C=CC(=O)OC(CCC)N1C(C)(C)CC(C)CC1(C)C. The number of carbonyl (C=O) groups is 1. The van der Waals surface area contributed by atoms with Crippen LogP contribution in [0, 0.1) is 5.92 Å². The number of hydrogen-bond acceptors (Lipinski definition) is 3. The number of carbonyl (C=O) groups excluding carboxylic acids is 1. The standard InChI is InChI=1S/C17H31NO2/c1-8-10-14(20-15(19)9-2)18-16(4,5)11-13(3)12-17(18,6)7/h9,13-14H,2,8,10-12H2,1,3-7H3. The van der Waals surface area contributed by atoms with Gasteiger partial charge in [-0.3, -0.25) is 4.90 Å². The lowest BCUT2D eigenvalue weighted by Gasteiger charge is -2.57. The zero-order valence-electron chi connectivity index (χ0n) is 14.0. The van der Waals surface area contributed by atoms with Crippen LogP contribution in [0.3, 0.4) is 0 Å². The van der Waals surface area contributed by atoms with Crippen molar-refractivity contribution in [2.45, 2.75) is 84.5 Å². The topological polar surface area (TPSA) is 29.5 Å². The number of ether oxygens (including phenoxy) is 1. The quantitative estimate of drug-likeness (QED) is 0.560. The third-order valence-electron chi connectivity index (χ3n) is 4.24. The van der Waals surface area contributed by atoms with Crippen molar-refractivity contribution in [2.24, 2.45) is 5.92 Å². The Balaban J connectivity index is 3.06. The van der Waals surface area contributed by atoms with E-state index in [1.165, 1.54) is 6.08 Å². The van der Waals surface area contributed by atoms with Crippen LogP contribution in [0.4, 0.5) is 0 Å². The molecule has 3 heteroatoms. The van der Waals surface area contributed by atoms with Gasteiger partial charge >= 0.3 is 5.97 Å². The molecule has 1 fully saturated rings. The van der Waals surface area contributed by atoms with E-state index >= 15 is 0 Å². The Morgan fingerprint density at radius 1 is 1.35 bits per heavy atom. The van der Waals surface area contributed by atoms with Gasteiger partial charge in [0.1, 0.15) is 0 Å². The van der Waals surface area contributed by atoms with Crippen molar-refractivity contribution in [3.05, 3.63) is 12.7 Å². The molecule has 0 N–H and O–H groups in total. The normalized spacial score (nSPS) is 24.1. The number of esters is 1. The van der Waals surface area contributed by atoms with Gasteiger partial charge < -0.3 is 4.74 Å². The number of likely N-dealkylation sites (tertiary alicyclic amines) is 1. The average Bonchev–Trinajstić information content (AvgIpc) is 2.24. The first kappa shape index (κ1) is 17.2. The van der Waals surface area contributed by atoms with E-state index in [1.54, 1.807) is 0 Å². The van der Waals surface area contributed by atoms with E-state index in [2.05, 4.69) is 53.0 Å². The molecule has 0 aromatic rings. The number of nitrogens with zero attached hydrogens (tertiary/aromatic N) is 1. The lowest BCUT2D eigenvalue weighted by Crippen LogP contribution is -2.64. The third-order valence-corrected chi connectivity index (χ3v) is 4.24. The zero-order valence-corrected chi connectivity index (χ0v) is 14.0. The molecule has 1 aliphatic heterocycles. The molecule has 1 unspecified atom stereocenters. The fraction of sp³-hybridized carbons (Fsp3) is 0.824. The minimum Gasteiger partial charge on any atom is -0.443 e. The van der Waals surface area contributed by atoms with Gasteiger partial charge in [-0.05, 0) is 52.9 Å². The van der Waals surface area contributed by atoms with Crippen molar-refractivity contribution in [1.82, 2.24) is 4.90 Å². The van der Waals surface area contributed by atoms with E-state index in [0.717, 1.165) is 25.7 Å². The van der Waals surface area contributed by atoms with Crippen LogP contribution in [-0.2, 0) is 9.53 Å². The molecule has 1 aliphatic rings. The summed E-state index contributed by atoms with van der Waals surface area (Å²) in [4.78, 5) is 14.1. The molecule has 1 heterocycles. The molecular weight excluding hydrogens is 250 g/mol. The van der Waals surface area contributed by atoms with Gasteiger partial charge in [-0.15, -0.1) is 0 Å². The van der Waals surface area contributed by atoms with E-state index in [4.69, 9.17) is 4.74 Å². The highest BCUT2D eigenvalue weighted by atomic mass is 16.6. The second-order valence-electron chi connectivity index (χ2n) is 7.39. The lowest BCUT2D eigenvalue weighted by atomic mass is 9.74. The maximum atomic E-state index is 11.7. The van der Waals surface area contributed by atoms with E-state index in [-0.39, 0.29) is 23.3 Å². The van der Waals surface area contributed by atoms with Gasteiger partial charge in [0.25, 0.3) is 0 Å². The molecule has 0 spiro atoms. The molecule has 3 nitrogen and oxygen atoms in total. The van der Waals surface area contributed by atoms with E-state index in [1.807, 2.05) is 0 Å². The van der Waals surface area contributed by atoms with Crippen LogP contribution in [0.25, 0.3) is 0 Å². The molecular formula is C17H31NO2. The monoisotopic (exact) mass is 281 g/mol. The first-order valence-corrected chi connectivity index (χ1v) is 7.76. The maximum absolute atomic E-state index is 11.7. The maximum Gasteiger partial charge on any atom is 0.331 e. The van der Waals surface area contributed by atoms with Crippen molar-refractivity contribution in [3.63, 3.8) is 0 Å². The number of hydrogen-bond donors (Lipinski definition) is 0. The molecule has 0 bridgehead atoms. The number of rotatable bonds is 5. The Hall–Kier alpha value is -0.830. The predicted octanol–water partition coefficient (Wildman–Crippen LogP) is 4.13. The third kappa shape index (κ3) is 3.85. The molecule has 20 heavy (non-hydrogen) atoms. The Morgan fingerprint density at radius 2 is 1.85 bits per heavy atom. The minimum absolute atomic E-state index is 0.0302. The van der Waals surface area contributed by atoms with Gasteiger partial charge in [0.15, 0.2) is 6.23 Å². The average molecular weight is 281 g/mol.